The third-order valence-electron chi connectivity index (χ3n) is 2.45. The molecule has 0 fully saturated rings. The lowest BCUT2D eigenvalue weighted by Crippen LogP contribution is -2.01. The van der Waals surface area contributed by atoms with Gasteiger partial charge in [0.1, 0.15) is 0 Å². The van der Waals surface area contributed by atoms with Crippen molar-refractivity contribution in [1.82, 2.24) is 4.57 Å². The average Bonchev–Trinajstić information content (AvgIpc) is 2.44. The summed E-state index contributed by atoms with van der Waals surface area (Å²) in [7, 11) is 2.07. The van der Waals surface area contributed by atoms with E-state index >= 15 is 0 Å². The van der Waals surface area contributed by atoms with Crippen LogP contribution in [0.5, 0.6) is 0 Å². The normalized spacial score (nSPS) is 11.1. The van der Waals surface area contributed by atoms with Crippen LogP contribution in [0.3, 0.4) is 0 Å². The van der Waals surface area contributed by atoms with Gasteiger partial charge in [0.05, 0.1) is 0 Å². The fourth-order valence-electron chi connectivity index (χ4n) is 1.80. The zero-order chi connectivity index (χ0) is 10.1. The summed E-state index contributed by atoms with van der Waals surface area (Å²) in [6.45, 7) is 0.700. The van der Waals surface area contributed by atoms with E-state index in [1.54, 1.807) is 0 Å². The maximum Gasteiger partial charge on any atom is 0.0481 e. The number of halogens is 1. The molecule has 1 aromatic carbocycles. The van der Waals surface area contributed by atoms with Gasteiger partial charge in [-0.1, -0.05) is 15.9 Å². The molecule has 0 saturated carbocycles. The first-order chi connectivity index (χ1) is 6.72. The Labute approximate surface area is 91.8 Å². The molecule has 14 heavy (non-hydrogen) atoms. The van der Waals surface area contributed by atoms with Crippen LogP contribution in [0.1, 0.15) is 5.56 Å². The quantitative estimate of drug-likeness (QED) is 0.875. The van der Waals surface area contributed by atoms with Crippen LogP contribution >= 0.6 is 15.9 Å². The topological polar surface area (TPSA) is 30.9 Å². The van der Waals surface area contributed by atoms with Crippen molar-refractivity contribution in [3.63, 3.8) is 0 Å². The third kappa shape index (κ3) is 1.57. The van der Waals surface area contributed by atoms with Crippen LogP contribution in [-0.2, 0) is 13.5 Å². The summed E-state index contributed by atoms with van der Waals surface area (Å²) in [5.74, 6) is 0. The van der Waals surface area contributed by atoms with E-state index in [1.165, 1.54) is 16.5 Å². The molecule has 0 bridgehead atoms. The molecule has 0 amide bonds. The van der Waals surface area contributed by atoms with Crippen LogP contribution in [0.25, 0.3) is 10.9 Å². The van der Waals surface area contributed by atoms with E-state index in [1.807, 2.05) is 0 Å². The summed E-state index contributed by atoms with van der Waals surface area (Å²) < 4.78 is 3.27. The predicted octanol–water partition coefficient (Wildman–Crippen LogP) is 2.44. The lowest BCUT2D eigenvalue weighted by Gasteiger charge is -1.97. The van der Waals surface area contributed by atoms with E-state index < -0.39 is 0 Å². The number of aryl methyl sites for hydroxylation is 1. The zero-order valence-corrected chi connectivity index (χ0v) is 9.71. The Morgan fingerprint density at radius 3 is 2.93 bits per heavy atom. The Morgan fingerprint density at radius 2 is 2.21 bits per heavy atom. The van der Waals surface area contributed by atoms with Gasteiger partial charge in [-0.25, -0.2) is 0 Å². The molecule has 3 heteroatoms. The SMILES string of the molecule is Cn1cc(CCN)c2cc(Br)ccc21. The third-order valence-corrected chi connectivity index (χ3v) is 2.94. The second-order valence-corrected chi connectivity index (χ2v) is 4.38. The smallest absolute Gasteiger partial charge is 0.0481 e. The zero-order valence-electron chi connectivity index (χ0n) is 8.13. The lowest BCUT2D eigenvalue weighted by atomic mass is 10.1. The van der Waals surface area contributed by atoms with E-state index in [4.69, 9.17) is 5.73 Å². The summed E-state index contributed by atoms with van der Waals surface area (Å²) in [5, 5.41) is 1.30. The standard InChI is InChI=1S/C11H13BrN2/c1-14-7-8(4-5-13)10-6-9(12)2-3-11(10)14/h2-3,6-7H,4-5,13H2,1H3. The molecule has 0 spiro atoms. The minimum Gasteiger partial charge on any atom is -0.350 e. The van der Waals surface area contributed by atoms with Crippen molar-refractivity contribution >= 4 is 26.8 Å². The van der Waals surface area contributed by atoms with Gasteiger partial charge >= 0.3 is 0 Å². The van der Waals surface area contributed by atoms with E-state index in [-0.39, 0.29) is 0 Å². The number of hydrogen-bond donors (Lipinski definition) is 1. The summed E-state index contributed by atoms with van der Waals surface area (Å²) >= 11 is 3.49. The highest BCUT2D eigenvalue weighted by Crippen LogP contribution is 2.24. The highest BCUT2D eigenvalue weighted by Gasteiger charge is 2.05. The highest BCUT2D eigenvalue weighted by atomic mass is 79.9. The largest absolute Gasteiger partial charge is 0.350 e. The maximum absolute atomic E-state index is 5.58. The molecule has 0 aliphatic heterocycles. The summed E-state index contributed by atoms with van der Waals surface area (Å²) in [6.07, 6.45) is 3.10. The molecule has 0 radical (unpaired) electrons. The van der Waals surface area contributed by atoms with Crippen molar-refractivity contribution in [1.29, 1.82) is 0 Å². The second-order valence-electron chi connectivity index (χ2n) is 3.47. The monoisotopic (exact) mass is 252 g/mol. The van der Waals surface area contributed by atoms with E-state index in [2.05, 4.69) is 51.9 Å². The summed E-state index contributed by atoms with van der Waals surface area (Å²) in [4.78, 5) is 0. The van der Waals surface area contributed by atoms with Crippen molar-refractivity contribution < 1.29 is 0 Å². The number of benzene rings is 1. The van der Waals surface area contributed by atoms with Gasteiger partial charge in [-0.05, 0) is 36.7 Å². The molecule has 0 unspecified atom stereocenters. The summed E-state index contributed by atoms with van der Waals surface area (Å²) in [6, 6.07) is 6.34. The van der Waals surface area contributed by atoms with Crippen LogP contribution in [0, 0.1) is 0 Å². The van der Waals surface area contributed by atoms with Gasteiger partial charge in [0.2, 0.25) is 0 Å². The van der Waals surface area contributed by atoms with Gasteiger partial charge in [0.15, 0.2) is 0 Å². The number of rotatable bonds is 2. The average molecular weight is 253 g/mol. The summed E-state index contributed by atoms with van der Waals surface area (Å²) in [5.41, 5.74) is 8.16. The molecule has 2 rings (SSSR count). The molecule has 2 nitrogen and oxygen atoms in total. The number of aromatic nitrogens is 1. The van der Waals surface area contributed by atoms with Gasteiger partial charge in [-0.15, -0.1) is 0 Å². The Balaban J connectivity index is 2.66. The van der Waals surface area contributed by atoms with Gasteiger partial charge in [-0.2, -0.15) is 0 Å². The molecule has 2 N–H and O–H groups in total. The molecule has 0 aliphatic carbocycles. The first-order valence-corrected chi connectivity index (χ1v) is 5.45. The number of fused-ring (bicyclic) bond motifs is 1. The molecule has 1 heterocycles. The fraction of sp³-hybridized carbons (Fsp3) is 0.273. The van der Waals surface area contributed by atoms with Crippen LogP contribution in [0.4, 0.5) is 0 Å². The number of hydrogen-bond acceptors (Lipinski definition) is 1. The van der Waals surface area contributed by atoms with Gasteiger partial charge in [0, 0.05) is 28.6 Å². The van der Waals surface area contributed by atoms with Crippen molar-refractivity contribution in [2.45, 2.75) is 6.42 Å². The van der Waals surface area contributed by atoms with Crippen LogP contribution in [-0.4, -0.2) is 11.1 Å². The Hall–Kier alpha value is -0.800. The molecule has 74 valence electrons. The molecule has 0 aliphatic rings. The minimum absolute atomic E-state index is 0.700. The molecule has 2 aromatic rings. The van der Waals surface area contributed by atoms with Crippen molar-refractivity contribution in [3.05, 3.63) is 34.4 Å². The molecular formula is C11H13BrN2. The highest BCUT2D eigenvalue weighted by molar-refractivity contribution is 9.10. The predicted molar refractivity (Wildman–Crippen MR) is 63.4 cm³/mol. The molecule has 0 atom stereocenters. The van der Waals surface area contributed by atoms with Gasteiger partial charge in [-0.3, -0.25) is 0 Å². The Morgan fingerprint density at radius 1 is 1.43 bits per heavy atom. The van der Waals surface area contributed by atoms with E-state index in [0.717, 1.165) is 10.9 Å². The fourth-order valence-corrected chi connectivity index (χ4v) is 2.16. The van der Waals surface area contributed by atoms with Crippen LogP contribution in [0.15, 0.2) is 28.9 Å². The van der Waals surface area contributed by atoms with Crippen LogP contribution in [0.2, 0.25) is 0 Å². The number of nitrogens with zero attached hydrogens (tertiary/aromatic N) is 1. The minimum atomic E-state index is 0.700. The first-order valence-electron chi connectivity index (χ1n) is 4.66. The second kappa shape index (κ2) is 3.75. The number of nitrogens with two attached hydrogens (primary N) is 1. The lowest BCUT2D eigenvalue weighted by molar-refractivity contribution is 0.929. The van der Waals surface area contributed by atoms with E-state index in [9.17, 15) is 0 Å². The van der Waals surface area contributed by atoms with Crippen molar-refractivity contribution in [2.24, 2.45) is 12.8 Å². The first kappa shape index (κ1) is 9.74. The maximum atomic E-state index is 5.58. The Kier molecular flexibility index (Phi) is 2.61. The molecule has 0 saturated heterocycles. The molecule has 1 aromatic heterocycles. The van der Waals surface area contributed by atoms with Gasteiger partial charge < -0.3 is 10.3 Å². The van der Waals surface area contributed by atoms with Crippen molar-refractivity contribution in [2.75, 3.05) is 6.54 Å². The van der Waals surface area contributed by atoms with E-state index in [0.29, 0.717) is 6.54 Å². The van der Waals surface area contributed by atoms with Crippen LogP contribution < -0.4 is 5.73 Å². The van der Waals surface area contributed by atoms with Crippen molar-refractivity contribution in [3.8, 4) is 0 Å². The molecular weight excluding hydrogens is 240 g/mol. The van der Waals surface area contributed by atoms with Gasteiger partial charge in [0.25, 0.3) is 0 Å². The Bertz CT molecular complexity index is 460.